The fourth-order valence-corrected chi connectivity index (χ4v) is 1.60. The highest BCUT2D eigenvalue weighted by atomic mass is 32.2. The first kappa shape index (κ1) is 13.3. The van der Waals surface area contributed by atoms with Crippen molar-refractivity contribution in [3.05, 3.63) is 29.8 Å². The molecule has 0 spiro atoms. The molecule has 1 rings (SSSR count). The van der Waals surface area contributed by atoms with E-state index in [1.54, 1.807) is 17.1 Å². The second kappa shape index (κ2) is 5.56. The minimum absolute atomic E-state index is 0.0970. The summed E-state index contributed by atoms with van der Waals surface area (Å²) in [4.78, 5) is 0.209. The Morgan fingerprint density at radius 2 is 1.75 bits per heavy atom. The molecule has 1 aromatic carbocycles. The number of hydrazine groups is 1. The zero-order chi connectivity index (χ0) is 12.2. The fourth-order valence-electron chi connectivity index (χ4n) is 1.06. The fraction of sp³-hybridized carbons (Fsp3) is 0.400. The van der Waals surface area contributed by atoms with Crippen LogP contribution in [0.15, 0.2) is 29.2 Å². The molecule has 16 heavy (non-hydrogen) atoms. The average Bonchev–Trinajstić information content (AvgIpc) is 2.14. The van der Waals surface area contributed by atoms with Gasteiger partial charge in [-0.15, -0.1) is 0 Å². The van der Waals surface area contributed by atoms with Crippen molar-refractivity contribution in [2.45, 2.75) is 16.9 Å². The molecule has 0 saturated heterocycles. The number of hydrogen-bond acceptors (Lipinski definition) is 3. The van der Waals surface area contributed by atoms with E-state index in [0.29, 0.717) is 6.54 Å². The number of benzene rings is 1. The van der Waals surface area contributed by atoms with Gasteiger partial charge in [0.2, 0.25) is 0 Å². The van der Waals surface area contributed by atoms with E-state index in [0.717, 1.165) is 5.56 Å². The van der Waals surface area contributed by atoms with Crippen molar-refractivity contribution in [3.63, 3.8) is 0 Å². The predicted molar refractivity (Wildman–Crippen MR) is 58.9 cm³/mol. The standard InChI is InChI=1S/C10H13F3N2S/c1-15(2)14-7-8-3-5-9(6-4-8)16-10(11,12)13/h3-6,14H,7H2,1-2H3. The Balaban J connectivity index is 2.54. The molecule has 0 heterocycles. The summed E-state index contributed by atoms with van der Waals surface area (Å²) in [5.74, 6) is 0. The second-order valence-corrected chi connectivity index (χ2v) is 4.56. The number of thioether (sulfide) groups is 1. The lowest BCUT2D eigenvalue weighted by molar-refractivity contribution is -0.0328. The van der Waals surface area contributed by atoms with Crippen LogP contribution >= 0.6 is 11.8 Å². The molecule has 0 aliphatic rings. The molecule has 0 amide bonds. The average molecular weight is 250 g/mol. The minimum atomic E-state index is -4.22. The maximum absolute atomic E-state index is 12.0. The van der Waals surface area contributed by atoms with Crippen LogP contribution in [0.1, 0.15) is 5.56 Å². The number of nitrogens with one attached hydrogen (secondary N) is 1. The lowest BCUT2D eigenvalue weighted by Crippen LogP contribution is -2.29. The highest BCUT2D eigenvalue weighted by molar-refractivity contribution is 8.00. The van der Waals surface area contributed by atoms with Crippen LogP contribution in [0.4, 0.5) is 13.2 Å². The minimum Gasteiger partial charge on any atom is -0.251 e. The van der Waals surface area contributed by atoms with E-state index in [4.69, 9.17) is 0 Å². The van der Waals surface area contributed by atoms with E-state index in [1.165, 1.54) is 12.1 Å². The summed E-state index contributed by atoms with van der Waals surface area (Å²) in [5.41, 5.74) is -0.240. The monoisotopic (exact) mass is 250 g/mol. The molecule has 90 valence electrons. The Bertz CT molecular complexity index is 322. The summed E-state index contributed by atoms with van der Waals surface area (Å²) >= 11 is -0.0970. The third-order valence-electron chi connectivity index (χ3n) is 1.76. The Labute approximate surface area is 96.8 Å². The van der Waals surface area contributed by atoms with Crippen LogP contribution in [0.2, 0.25) is 0 Å². The molecular formula is C10H13F3N2S. The van der Waals surface area contributed by atoms with Gasteiger partial charge in [0, 0.05) is 25.5 Å². The van der Waals surface area contributed by atoms with Gasteiger partial charge in [-0.05, 0) is 29.5 Å². The molecule has 0 fully saturated rings. The van der Waals surface area contributed by atoms with Gasteiger partial charge < -0.3 is 0 Å². The van der Waals surface area contributed by atoms with E-state index in [2.05, 4.69) is 5.43 Å². The van der Waals surface area contributed by atoms with Crippen LogP contribution in [0.25, 0.3) is 0 Å². The predicted octanol–water partition coefficient (Wildman–Crippen LogP) is 2.86. The number of halogens is 3. The van der Waals surface area contributed by atoms with E-state index in [-0.39, 0.29) is 16.7 Å². The summed E-state index contributed by atoms with van der Waals surface area (Å²) in [6.07, 6.45) is 0. The molecule has 0 aliphatic carbocycles. The molecule has 2 nitrogen and oxygen atoms in total. The molecule has 0 aromatic heterocycles. The lowest BCUT2D eigenvalue weighted by atomic mass is 10.2. The summed E-state index contributed by atoms with van der Waals surface area (Å²) in [7, 11) is 3.71. The number of nitrogens with zero attached hydrogens (tertiary/aromatic N) is 1. The van der Waals surface area contributed by atoms with Crippen LogP contribution in [-0.4, -0.2) is 24.6 Å². The molecule has 0 aliphatic heterocycles. The van der Waals surface area contributed by atoms with Gasteiger partial charge in [0.15, 0.2) is 0 Å². The normalized spacial score (nSPS) is 12.1. The highest BCUT2D eigenvalue weighted by Gasteiger charge is 2.28. The van der Waals surface area contributed by atoms with Gasteiger partial charge in [0.25, 0.3) is 0 Å². The summed E-state index contributed by atoms with van der Waals surface area (Å²) in [6.45, 7) is 0.601. The quantitative estimate of drug-likeness (QED) is 0.653. The third kappa shape index (κ3) is 5.39. The van der Waals surface area contributed by atoms with Crippen molar-refractivity contribution in [2.75, 3.05) is 14.1 Å². The molecule has 0 unspecified atom stereocenters. The van der Waals surface area contributed by atoms with E-state index in [1.807, 2.05) is 14.1 Å². The Morgan fingerprint density at radius 3 is 2.19 bits per heavy atom. The van der Waals surface area contributed by atoms with Gasteiger partial charge in [-0.25, -0.2) is 0 Å². The van der Waals surface area contributed by atoms with Crippen molar-refractivity contribution in [3.8, 4) is 0 Å². The van der Waals surface area contributed by atoms with Gasteiger partial charge in [-0.1, -0.05) is 12.1 Å². The number of rotatable bonds is 4. The number of alkyl halides is 3. The van der Waals surface area contributed by atoms with Crippen molar-refractivity contribution >= 4 is 11.8 Å². The van der Waals surface area contributed by atoms with E-state index in [9.17, 15) is 13.2 Å². The summed E-state index contributed by atoms with van der Waals surface area (Å²) in [6, 6.07) is 6.32. The zero-order valence-corrected chi connectivity index (χ0v) is 9.82. The third-order valence-corrected chi connectivity index (χ3v) is 2.50. The molecule has 1 aromatic rings. The van der Waals surface area contributed by atoms with Crippen LogP contribution in [0, 0.1) is 0 Å². The Kier molecular flexibility index (Phi) is 4.64. The SMILES string of the molecule is CN(C)NCc1ccc(SC(F)(F)F)cc1. The molecule has 0 radical (unpaired) electrons. The van der Waals surface area contributed by atoms with Gasteiger partial charge in [0.05, 0.1) is 0 Å². The molecular weight excluding hydrogens is 237 g/mol. The van der Waals surface area contributed by atoms with Crippen LogP contribution in [0.3, 0.4) is 0 Å². The van der Waals surface area contributed by atoms with Gasteiger partial charge in [-0.3, -0.25) is 10.4 Å². The molecule has 1 N–H and O–H groups in total. The lowest BCUT2D eigenvalue weighted by Gasteiger charge is -2.12. The Morgan fingerprint density at radius 1 is 1.19 bits per heavy atom. The first-order valence-electron chi connectivity index (χ1n) is 4.62. The zero-order valence-electron chi connectivity index (χ0n) is 9.01. The van der Waals surface area contributed by atoms with Gasteiger partial charge in [-0.2, -0.15) is 13.2 Å². The molecule has 0 bridgehead atoms. The maximum Gasteiger partial charge on any atom is 0.446 e. The second-order valence-electron chi connectivity index (χ2n) is 3.42. The maximum atomic E-state index is 12.0. The van der Waals surface area contributed by atoms with Gasteiger partial charge >= 0.3 is 5.51 Å². The summed E-state index contributed by atoms with van der Waals surface area (Å²) in [5, 5.41) is 1.79. The largest absolute Gasteiger partial charge is 0.446 e. The van der Waals surface area contributed by atoms with E-state index >= 15 is 0 Å². The van der Waals surface area contributed by atoms with Crippen molar-refractivity contribution < 1.29 is 13.2 Å². The highest BCUT2D eigenvalue weighted by Crippen LogP contribution is 2.36. The molecule has 6 heteroatoms. The van der Waals surface area contributed by atoms with Crippen molar-refractivity contribution in [1.29, 1.82) is 0 Å². The first-order chi connectivity index (χ1) is 7.37. The summed E-state index contributed by atoms with van der Waals surface area (Å²) < 4.78 is 36.1. The van der Waals surface area contributed by atoms with Crippen LogP contribution < -0.4 is 5.43 Å². The van der Waals surface area contributed by atoms with Crippen LogP contribution in [0.5, 0.6) is 0 Å². The number of hydrogen-bond donors (Lipinski definition) is 1. The van der Waals surface area contributed by atoms with Crippen molar-refractivity contribution in [1.82, 2.24) is 10.4 Å². The first-order valence-corrected chi connectivity index (χ1v) is 5.44. The Hall–Kier alpha value is -0.720. The van der Waals surface area contributed by atoms with Crippen LogP contribution in [-0.2, 0) is 6.54 Å². The van der Waals surface area contributed by atoms with E-state index < -0.39 is 5.51 Å². The smallest absolute Gasteiger partial charge is 0.251 e. The van der Waals surface area contributed by atoms with Crippen molar-refractivity contribution in [2.24, 2.45) is 0 Å². The van der Waals surface area contributed by atoms with Gasteiger partial charge in [0.1, 0.15) is 0 Å². The topological polar surface area (TPSA) is 15.3 Å². The molecule has 0 atom stereocenters. The molecule has 0 saturated carbocycles.